The Balaban J connectivity index is 1.61. The molecule has 7 heteroatoms. The number of hydrogen-bond donors (Lipinski definition) is 0. The summed E-state index contributed by atoms with van der Waals surface area (Å²) in [6.45, 7) is 1.57. The number of nitrogens with zero attached hydrogens (tertiary/aromatic N) is 2. The minimum absolute atomic E-state index is 0.206. The van der Waals surface area contributed by atoms with Gasteiger partial charge >= 0.3 is 11.6 Å². The summed E-state index contributed by atoms with van der Waals surface area (Å²) in [4.78, 5) is 40.9. The summed E-state index contributed by atoms with van der Waals surface area (Å²) in [5, 5.41) is 0.613. The summed E-state index contributed by atoms with van der Waals surface area (Å²) < 4.78 is 11.8. The molecule has 4 aromatic rings. The first-order valence-corrected chi connectivity index (χ1v) is 8.21. The van der Waals surface area contributed by atoms with E-state index >= 15 is 0 Å². The number of para-hydroxylation sites is 1. The van der Waals surface area contributed by atoms with Gasteiger partial charge in [-0.3, -0.25) is 9.20 Å². The van der Waals surface area contributed by atoms with Gasteiger partial charge in [0.05, 0.1) is 5.69 Å². The van der Waals surface area contributed by atoms with Crippen LogP contribution in [0.2, 0.25) is 0 Å². The number of ether oxygens (including phenoxy) is 1. The molecule has 0 aliphatic carbocycles. The second-order valence-corrected chi connectivity index (χ2v) is 6.01. The molecule has 27 heavy (non-hydrogen) atoms. The topological polar surface area (TPSA) is 90.9 Å². The second-order valence-electron chi connectivity index (χ2n) is 6.01. The SMILES string of the molecule is Cc1cccc2nc(COC(=O)c3cc4ccccc4oc3=O)cc(=O)n12. The van der Waals surface area contributed by atoms with Gasteiger partial charge in [-0.25, -0.2) is 14.6 Å². The number of carbonyl (C=O) groups is 1. The van der Waals surface area contributed by atoms with Gasteiger partial charge in [0.25, 0.3) is 5.56 Å². The van der Waals surface area contributed by atoms with Crippen LogP contribution in [-0.2, 0) is 11.3 Å². The summed E-state index contributed by atoms with van der Waals surface area (Å²) in [5.74, 6) is -0.833. The zero-order valence-electron chi connectivity index (χ0n) is 14.3. The van der Waals surface area contributed by atoms with E-state index in [1.807, 2.05) is 0 Å². The lowest BCUT2D eigenvalue weighted by molar-refractivity contribution is 0.0463. The van der Waals surface area contributed by atoms with Gasteiger partial charge < -0.3 is 9.15 Å². The van der Waals surface area contributed by atoms with E-state index in [0.717, 1.165) is 5.69 Å². The molecule has 0 radical (unpaired) electrons. The van der Waals surface area contributed by atoms with Crippen molar-refractivity contribution in [1.82, 2.24) is 9.38 Å². The van der Waals surface area contributed by atoms with Gasteiger partial charge in [-0.05, 0) is 31.2 Å². The van der Waals surface area contributed by atoms with E-state index in [9.17, 15) is 14.4 Å². The average molecular weight is 362 g/mol. The summed E-state index contributed by atoms with van der Waals surface area (Å²) >= 11 is 0. The molecule has 134 valence electrons. The Bertz CT molecular complexity index is 1300. The van der Waals surface area contributed by atoms with Crippen molar-refractivity contribution in [2.45, 2.75) is 13.5 Å². The van der Waals surface area contributed by atoms with Gasteiger partial charge in [-0.2, -0.15) is 0 Å². The highest BCUT2D eigenvalue weighted by Gasteiger charge is 2.16. The molecule has 0 saturated carbocycles. The van der Waals surface area contributed by atoms with Gasteiger partial charge in [-0.15, -0.1) is 0 Å². The number of aryl methyl sites for hydroxylation is 1. The molecule has 0 aliphatic heterocycles. The molecule has 0 bridgehead atoms. The molecular weight excluding hydrogens is 348 g/mol. The van der Waals surface area contributed by atoms with E-state index in [-0.39, 0.29) is 17.7 Å². The van der Waals surface area contributed by atoms with Crippen LogP contribution in [0.25, 0.3) is 16.6 Å². The Labute approximate surface area is 152 Å². The number of benzene rings is 1. The van der Waals surface area contributed by atoms with Crippen molar-refractivity contribution < 1.29 is 13.9 Å². The van der Waals surface area contributed by atoms with Gasteiger partial charge in [0.2, 0.25) is 0 Å². The molecule has 4 rings (SSSR count). The molecule has 0 unspecified atom stereocenters. The smallest absolute Gasteiger partial charge is 0.351 e. The minimum atomic E-state index is -0.833. The molecule has 0 atom stereocenters. The zero-order valence-corrected chi connectivity index (χ0v) is 14.3. The van der Waals surface area contributed by atoms with Crippen molar-refractivity contribution in [2.24, 2.45) is 0 Å². The van der Waals surface area contributed by atoms with Crippen LogP contribution in [0, 0.1) is 6.92 Å². The number of carbonyl (C=O) groups excluding carboxylic acids is 1. The molecule has 3 aromatic heterocycles. The number of hydrogen-bond acceptors (Lipinski definition) is 6. The monoisotopic (exact) mass is 362 g/mol. The van der Waals surface area contributed by atoms with E-state index in [2.05, 4.69) is 4.98 Å². The average Bonchev–Trinajstić information content (AvgIpc) is 2.65. The van der Waals surface area contributed by atoms with Crippen molar-refractivity contribution >= 4 is 22.6 Å². The molecule has 0 amide bonds. The molecular formula is C20H14N2O5. The lowest BCUT2D eigenvalue weighted by Gasteiger charge is -2.07. The molecule has 3 heterocycles. The Kier molecular flexibility index (Phi) is 4.04. The van der Waals surface area contributed by atoms with E-state index < -0.39 is 11.6 Å². The van der Waals surface area contributed by atoms with Gasteiger partial charge in [0, 0.05) is 17.1 Å². The van der Waals surface area contributed by atoms with Crippen LogP contribution in [0.3, 0.4) is 0 Å². The van der Waals surface area contributed by atoms with Crippen molar-refractivity contribution in [1.29, 1.82) is 0 Å². The van der Waals surface area contributed by atoms with Crippen molar-refractivity contribution in [3.05, 3.63) is 92.3 Å². The Morgan fingerprint density at radius 1 is 1.11 bits per heavy atom. The fraction of sp³-hybridized carbons (Fsp3) is 0.100. The van der Waals surface area contributed by atoms with Crippen molar-refractivity contribution in [2.75, 3.05) is 0 Å². The molecule has 1 aromatic carbocycles. The predicted octanol–water partition coefficient (Wildman–Crippen LogP) is 2.47. The standard InChI is InChI=1S/C20H14N2O5/c1-12-5-4-8-17-21-14(10-18(23)22(12)17)11-26-19(24)15-9-13-6-2-3-7-16(13)27-20(15)25/h2-10H,11H2,1H3. The fourth-order valence-electron chi connectivity index (χ4n) is 2.86. The molecule has 7 nitrogen and oxygen atoms in total. The van der Waals surface area contributed by atoms with Crippen LogP contribution in [0.1, 0.15) is 21.7 Å². The maximum Gasteiger partial charge on any atom is 0.351 e. The summed E-state index contributed by atoms with van der Waals surface area (Å²) in [6.07, 6.45) is 0. The first-order chi connectivity index (χ1) is 13.0. The largest absolute Gasteiger partial charge is 0.455 e. The van der Waals surface area contributed by atoms with Crippen molar-refractivity contribution in [3.8, 4) is 0 Å². The predicted molar refractivity (Wildman–Crippen MR) is 97.8 cm³/mol. The molecule has 0 fully saturated rings. The minimum Gasteiger partial charge on any atom is -0.455 e. The zero-order chi connectivity index (χ0) is 19.0. The first kappa shape index (κ1) is 16.7. The third-order valence-electron chi connectivity index (χ3n) is 4.15. The highest BCUT2D eigenvalue weighted by atomic mass is 16.5. The summed E-state index contributed by atoms with van der Waals surface area (Å²) in [7, 11) is 0. The maximum atomic E-state index is 12.3. The fourth-order valence-corrected chi connectivity index (χ4v) is 2.86. The van der Waals surface area contributed by atoms with E-state index in [1.54, 1.807) is 49.4 Å². The lowest BCUT2D eigenvalue weighted by Crippen LogP contribution is -2.20. The van der Waals surface area contributed by atoms with Crippen LogP contribution < -0.4 is 11.2 Å². The van der Waals surface area contributed by atoms with E-state index in [4.69, 9.17) is 9.15 Å². The van der Waals surface area contributed by atoms with Crippen LogP contribution >= 0.6 is 0 Å². The number of fused-ring (bicyclic) bond motifs is 2. The molecule has 0 spiro atoms. The van der Waals surface area contributed by atoms with Crippen LogP contribution in [0.4, 0.5) is 0 Å². The third kappa shape index (κ3) is 3.10. The molecule has 0 aliphatic rings. The number of pyridine rings is 1. The van der Waals surface area contributed by atoms with Crippen LogP contribution in [0.5, 0.6) is 0 Å². The van der Waals surface area contributed by atoms with Crippen LogP contribution in [0.15, 0.2) is 68.6 Å². The van der Waals surface area contributed by atoms with Crippen LogP contribution in [-0.4, -0.2) is 15.4 Å². The quantitative estimate of drug-likeness (QED) is 0.411. The maximum absolute atomic E-state index is 12.3. The van der Waals surface area contributed by atoms with E-state index in [1.165, 1.54) is 16.5 Å². The highest BCUT2D eigenvalue weighted by molar-refractivity contribution is 5.92. The molecule has 0 N–H and O–H groups in total. The highest BCUT2D eigenvalue weighted by Crippen LogP contribution is 2.13. The summed E-state index contributed by atoms with van der Waals surface area (Å²) in [6, 6.07) is 14.9. The Morgan fingerprint density at radius 3 is 2.78 bits per heavy atom. The summed E-state index contributed by atoms with van der Waals surface area (Å²) in [5.41, 5.74) is 0.640. The van der Waals surface area contributed by atoms with Crippen molar-refractivity contribution in [3.63, 3.8) is 0 Å². The molecule has 0 saturated heterocycles. The van der Waals surface area contributed by atoms with E-state index in [0.29, 0.717) is 22.3 Å². The normalized spacial score (nSPS) is 11.0. The van der Waals surface area contributed by atoms with Gasteiger partial charge in [-0.1, -0.05) is 24.3 Å². The first-order valence-electron chi connectivity index (χ1n) is 8.21. The third-order valence-corrected chi connectivity index (χ3v) is 4.15. The Morgan fingerprint density at radius 2 is 1.93 bits per heavy atom. The number of aromatic nitrogens is 2. The van der Waals surface area contributed by atoms with Gasteiger partial charge in [0.1, 0.15) is 23.4 Å². The number of rotatable bonds is 3. The Hall–Kier alpha value is -3.74. The second kappa shape index (κ2) is 6.53. The van der Waals surface area contributed by atoms with Gasteiger partial charge in [0.15, 0.2) is 0 Å². The lowest BCUT2D eigenvalue weighted by atomic mass is 10.2. The number of esters is 1.